The molecule has 9 heteroatoms. The number of hydrogen-bond donors (Lipinski definition) is 1. The summed E-state index contributed by atoms with van der Waals surface area (Å²) >= 11 is 5.86. The van der Waals surface area contributed by atoms with E-state index in [0.717, 1.165) is 11.9 Å². The number of sulfone groups is 1. The molecule has 0 aliphatic carbocycles. The highest BCUT2D eigenvalue weighted by molar-refractivity contribution is 8.05. The van der Waals surface area contributed by atoms with Gasteiger partial charge in [0, 0.05) is 43.1 Å². The first-order chi connectivity index (χ1) is 10.8. The maximum absolute atomic E-state index is 12.0. The van der Waals surface area contributed by atoms with Gasteiger partial charge in [-0.3, -0.25) is 9.59 Å². The van der Waals surface area contributed by atoms with Crippen LogP contribution in [-0.4, -0.2) is 63.4 Å². The number of hydrogen-bond acceptors (Lipinski definition) is 5. The molecule has 2 rings (SSSR count). The van der Waals surface area contributed by atoms with E-state index in [9.17, 15) is 18.0 Å². The number of amides is 2. The van der Waals surface area contributed by atoms with E-state index in [1.807, 2.05) is 24.3 Å². The third kappa shape index (κ3) is 4.84. The summed E-state index contributed by atoms with van der Waals surface area (Å²) in [6.45, 7) is 2.03. The Morgan fingerprint density at radius 1 is 1.13 bits per heavy atom. The molecule has 0 radical (unpaired) electrons. The molecule has 1 aromatic carbocycles. The Bertz CT molecular complexity index is 682. The largest absolute Gasteiger partial charge is 0.368 e. The Morgan fingerprint density at radius 3 is 2.22 bits per heavy atom. The van der Waals surface area contributed by atoms with Crippen molar-refractivity contribution >= 4 is 38.3 Å². The zero-order valence-corrected chi connectivity index (χ0v) is 14.2. The first kappa shape index (κ1) is 17.6. The van der Waals surface area contributed by atoms with Gasteiger partial charge in [-0.2, -0.15) is 0 Å². The van der Waals surface area contributed by atoms with Gasteiger partial charge in [-0.25, -0.2) is 8.42 Å². The van der Waals surface area contributed by atoms with E-state index < -0.39 is 15.1 Å². The second kappa shape index (κ2) is 7.18. The predicted molar refractivity (Wildman–Crippen MR) is 88.5 cm³/mol. The molecule has 0 aromatic heterocycles. The Labute approximate surface area is 140 Å². The van der Waals surface area contributed by atoms with Crippen molar-refractivity contribution in [2.24, 2.45) is 0 Å². The Kier molecular flexibility index (Phi) is 5.48. The molecule has 126 valence electrons. The fourth-order valence-corrected chi connectivity index (χ4v) is 2.72. The molecule has 0 spiro atoms. The van der Waals surface area contributed by atoms with Crippen LogP contribution < -0.4 is 10.2 Å². The van der Waals surface area contributed by atoms with Gasteiger partial charge in [0.05, 0.1) is 6.54 Å². The zero-order valence-electron chi connectivity index (χ0n) is 12.7. The molecule has 0 unspecified atom stereocenters. The molecule has 1 aliphatic heterocycles. The van der Waals surface area contributed by atoms with Crippen LogP contribution in [0.4, 0.5) is 10.5 Å². The minimum Gasteiger partial charge on any atom is -0.368 e. The van der Waals surface area contributed by atoms with Gasteiger partial charge in [-0.15, -0.1) is 0 Å². The summed E-state index contributed by atoms with van der Waals surface area (Å²) in [4.78, 5) is 27.0. The van der Waals surface area contributed by atoms with E-state index in [2.05, 4.69) is 10.2 Å². The normalized spacial score (nSPS) is 15.4. The maximum Gasteiger partial charge on any atom is 0.336 e. The van der Waals surface area contributed by atoms with E-state index in [-0.39, 0.29) is 12.5 Å². The van der Waals surface area contributed by atoms with Gasteiger partial charge in [-0.1, -0.05) is 11.6 Å². The summed E-state index contributed by atoms with van der Waals surface area (Å²) in [7, 11) is -3.82. The van der Waals surface area contributed by atoms with E-state index in [1.54, 1.807) is 4.90 Å². The second-order valence-electron chi connectivity index (χ2n) is 5.26. The highest BCUT2D eigenvalue weighted by Gasteiger charge is 2.23. The number of nitrogens with zero attached hydrogens (tertiary/aromatic N) is 2. The number of halogens is 1. The molecule has 23 heavy (non-hydrogen) atoms. The molecule has 1 aromatic rings. The molecule has 7 nitrogen and oxygen atoms in total. The molecule has 0 bridgehead atoms. The van der Waals surface area contributed by atoms with E-state index in [0.29, 0.717) is 31.2 Å². The standard InChI is InChI=1S/C14H18ClN3O4S/c1-23(21,22)14(20)16-10-13(19)18-8-6-17(7-9-18)12-4-2-11(15)3-5-12/h2-5H,6-10H2,1H3,(H,16,20). The fourth-order valence-electron chi connectivity index (χ4n) is 2.26. The van der Waals surface area contributed by atoms with Crippen molar-refractivity contribution in [2.75, 3.05) is 43.9 Å². The number of nitrogens with one attached hydrogen (secondary N) is 1. The van der Waals surface area contributed by atoms with E-state index >= 15 is 0 Å². The van der Waals surface area contributed by atoms with Crippen molar-refractivity contribution in [3.8, 4) is 0 Å². The third-order valence-corrected chi connectivity index (χ3v) is 4.61. The SMILES string of the molecule is CS(=O)(=O)C(=O)NCC(=O)N1CCN(c2ccc(Cl)cc2)CC1. The Hall–Kier alpha value is -1.80. The van der Waals surface area contributed by atoms with Crippen LogP contribution >= 0.6 is 11.6 Å². The first-order valence-electron chi connectivity index (χ1n) is 7.03. The lowest BCUT2D eigenvalue weighted by Crippen LogP contribution is -2.51. The van der Waals surface area contributed by atoms with Crippen LogP contribution in [0.3, 0.4) is 0 Å². The summed E-state index contributed by atoms with van der Waals surface area (Å²) in [5.74, 6) is -0.294. The summed E-state index contributed by atoms with van der Waals surface area (Å²) in [5, 5.41) is 1.66. The number of carbonyl (C=O) groups excluding carboxylic acids is 2. The molecule has 1 fully saturated rings. The topological polar surface area (TPSA) is 86.8 Å². The smallest absolute Gasteiger partial charge is 0.336 e. The Balaban J connectivity index is 1.83. The summed E-state index contributed by atoms with van der Waals surface area (Å²) in [6.07, 6.45) is 0.803. The van der Waals surface area contributed by atoms with Crippen LogP contribution in [0.5, 0.6) is 0 Å². The number of carbonyl (C=O) groups is 2. The second-order valence-corrected chi connectivity index (χ2v) is 7.61. The molecule has 1 saturated heterocycles. The summed E-state index contributed by atoms with van der Waals surface area (Å²) in [6, 6.07) is 7.47. The molecule has 1 aliphatic rings. The number of benzene rings is 1. The Morgan fingerprint density at radius 2 is 1.70 bits per heavy atom. The minimum absolute atomic E-state index is 0.294. The monoisotopic (exact) mass is 359 g/mol. The molecule has 2 amide bonds. The highest BCUT2D eigenvalue weighted by Crippen LogP contribution is 2.19. The van der Waals surface area contributed by atoms with Gasteiger partial charge in [-0.05, 0) is 24.3 Å². The van der Waals surface area contributed by atoms with Crippen LogP contribution in [-0.2, 0) is 14.6 Å². The number of rotatable bonds is 3. The number of piperazine rings is 1. The maximum atomic E-state index is 12.0. The summed E-state index contributed by atoms with van der Waals surface area (Å²) in [5.41, 5.74) is 1.03. The van der Waals surface area contributed by atoms with Crippen LogP contribution in [0, 0.1) is 0 Å². The van der Waals surface area contributed by atoms with Crippen molar-refractivity contribution in [3.63, 3.8) is 0 Å². The molecule has 0 atom stereocenters. The van der Waals surface area contributed by atoms with E-state index in [1.165, 1.54) is 0 Å². The van der Waals surface area contributed by atoms with Crippen molar-refractivity contribution in [3.05, 3.63) is 29.3 Å². The molecule has 1 heterocycles. The summed E-state index contributed by atoms with van der Waals surface area (Å²) < 4.78 is 22.0. The van der Waals surface area contributed by atoms with Gasteiger partial charge in [0.2, 0.25) is 15.7 Å². The van der Waals surface area contributed by atoms with Gasteiger partial charge in [0.15, 0.2) is 0 Å². The third-order valence-electron chi connectivity index (χ3n) is 3.54. The van der Waals surface area contributed by atoms with Crippen LogP contribution in [0.2, 0.25) is 5.02 Å². The molecular formula is C14H18ClN3O4S. The highest BCUT2D eigenvalue weighted by atomic mass is 35.5. The zero-order chi connectivity index (χ0) is 17.0. The lowest BCUT2D eigenvalue weighted by Gasteiger charge is -2.36. The van der Waals surface area contributed by atoms with Gasteiger partial charge in [0.25, 0.3) is 0 Å². The van der Waals surface area contributed by atoms with Gasteiger partial charge >= 0.3 is 5.24 Å². The quantitative estimate of drug-likeness (QED) is 0.860. The van der Waals surface area contributed by atoms with Crippen molar-refractivity contribution in [1.82, 2.24) is 10.2 Å². The van der Waals surface area contributed by atoms with Crippen molar-refractivity contribution in [1.29, 1.82) is 0 Å². The van der Waals surface area contributed by atoms with Crippen molar-refractivity contribution < 1.29 is 18.0 Å². The average Bonchev–Trinajstić information content (AvgIpc) is 2.52. The molecule has 1 N–H and O–H groups in total. The van der Waals surface area contributed by atoms with E-state index in [4.69, 9.17) is 11.6 Å². The van der Waals surface area contributed by atoms with Gasteiger partial charge in [0.1, 0.15) is 0 Å². The lowest BCUT2D eigenvalue weighted by molar-refractivity contribution is -0.130. The molecular weight excluding hydrogens is 342 g/mol. The van der Waals surface area contributed by atoms with Crippen LogP contribution in [0.15, 0.2) is 24.3 Å². The van der Waals surface area contributed by atoms with Crippen molar-refractivity contribution in [2.45, 2.75) is 0 Å². The lowest BCUT2D eigenvalue weighted by atomic mass is 10.2. The fraction of sp³-hybridized carbons (Fsp3) is 0.429. The van der Waals surface area contributed by atoms with Crippen LogP contribution in [0.25, 0.3) is 0 Å². The predicted octanol–water partition coefficient (Wildman–Crippen LogP) is 0.743. The first-order valence-corrected chi connectivity index (χ1v) is 9.30. The van der Waals surface area contributed by atoms with Crippen LogP contribution in [0.1, 0.15) is 0 Å². The molecule has 0 saturated carbocycles. The van der Waals surface area contributed by atoms with Gasteiger partial charge < -0.3 is 15.1 Å². The average molecular weight is 360 g/mol. The number of anilines is 1. The minimum atomic E-state index is -3.82.